The normalized spacial score (nSPS) is 10.2. The van der Waals surface area contributed by atoms with Gasteiger partial charge in [0.15, 0.2) is 11.5 Å². The Morgan fingerprint density at radius 1 is 0.857 bits per heavy atom. The lowest BCUT2D eigenvalue weighted by atomic mass is 10.1. The molecule has 0 aliphatic rings. The molecule has 2 N–H and O–H groups in total. The number of hydrogen-bond acceptors (Lipinski definition) is 4. The lowest BCUT2D eigenvalue weighted by Gasteiger charge is -2.12. The Balaban J connectivity index is 2.08. The van der Waals surface area contributed by atoms with E-state index < -0.39 is 0 Å². The molecule has 4 heteroatoms. The van der Waals surface area contributed by atoms with Gasteiger partial charge in [0, 0.05) is 0 Å². The van der Waals surface area contributed by atoms with Crippen molar-refractivity contribution < 1.29 is 14.2 Å². The quantitative estimate of drug-likeness (QED) is 0.851. The molecule has 0 aliphatic heterocycles. The Morgan fingerprint density at radius 2 is 1.57 bits per heavy atom. The van der Waals surface area contributed by atoms with E-state index in [-0.39, 0.29) is 0 Å². The first-order valence-corrected chi connectivity index (χ1v) is 6.89. The van der Waals surface area contributed by atoms with Crippen LogP contribution >= 0.6 is 0 Å². The summed E-state index contributed by atoms with van der Waals surface area (Å²) in [5.74, 6) is 2.30. The summed E-state index contributed by atoms with van der Waals surface area (Å²) in [4.78, 5) is 0. The van der Waals surface area contributed by atoms with E-state index in [1.54, 1.807) is 14.2 Å². The van der Waals surface area contributed by atoms with Crippen molar-refractivity contribution in [3.8, 4) is 17.2 Å². The molecule has 2 aromatic rings. The number of hydrogen-bond donors (Lipinski definition) is 1. The van der Waals surface area contributed by atoms with Crippen LogP contribution in [0.1, 0.15) is 11.1 Å². The van der Waals surface area contributed by atoms with Crippen molar-refractivity contribution in [2.75, 3.05) is 20.8 Å². The van der Waals surface area contributed by atoms with E-state index in [2.05, 4.69) is 0 Å². The molecule has 0 aliphatic carbocycles. The van der Waals surface area contributed by atoms with Gasteiger partial charge in [0.05, 0.1) is 14.2 Å². The van der Waals surface area contributed by atoms with Crippen molar-refractivity contribution in [1.82, 2.24) is 0 Å². The summed E-state index contributed by atoms with van der Waals surface area (Å²) in [6.45, 7) is 1.09. The van der Waals surface area contributed by atoms with Gasteiger partial charge in [-0.2, -0.15) is 0 Å². The van der Waals surface area contributed by atoms with Gasteiger partial charge in [-0.15, -0.1) is 0 Å². The molecule has 4 nitrogen and oxygen atoms in total. The second-order valence-electron chi connectivity index (χ2n) is 4.66. The predicted molar refractivity (Wildman–Crippen MR) is 83.1 cm³/mol. The maximum atomic E-state index is 5.87. The lowest BCUT2D eigenvalue weighted by Crippen LogP contribution is -2.04. The van der Waals surface area contributed by atoms with Gasteiger partial charge < -0.3 is 19.9 Å². The zero-order valence-corrected chi connectivity index (χ0v) is 12.5. The highest BCUT2D eigenvalue weighted by molar-refractivity contribution is 5.43. The van der Waals surface area contributed by atoms with E-state index in [0.717, 1.165) is 34.8 Å². The number of benzene rings is 2. The molecule has 0 fully saturated rings. The molecule has 112 valence electrons. The molecule has 2 aromatic carbocycles. The molecule has 0 atom stereocenters. The smallest absolute Gasteiger partial charge is 0.161 e. The molecule has 0 spiro atoms. The van der Waals surface area contributed by atoms with Crippen molar-refractivity contribution in [3.05, 3.63) is 53.6 Å². The minimum Gasteiger partial charge on any atom is -0.497 e. The van der Waals surface area contributed by atoms with Gasteiger partial charge in [-0.25, -0.2) is 0 Å². The van der Waals surface area contributed by atoms with Crippen LogP contribution in [0, 0.1) is 0 Å². The van der Waals surface area contributed by atoms with E-state index in [4.69, 9.17) is 19.9 Å². The molecule has 0 heterocycles. The molecule has 0 bridgehead atoms. The fourth-order valence-electron chi connectivity index (χ4n) is 2.04. The molecule has 21 heavy (non-hydrogen) atoms. The van der Waals surface area contributed by atoms with Crippen LogP contribution in [0.5, 0.6) is 17.2 Å². The molecule has 0 radical (unpaired) electrons. The van der Waals surface area contributed by atoms with Crippen LogP contribution in [0.25, 0.3) is 0 Å². The van der Waals surface area contributed by atoms with Crippen LogP contribution in [0.2, 0.25) is 0 Å². The fraction of sp³-hybridized carbons (Fsp3) is 0.294. The first kappa shape index (κ1) is 15.2. The molecule has 2 rings (SSSR count). The number of ether oxygens (including phenoxy) is 3. The number of methoxy groups -OCH3 is 2. The third kappa shape index (κ3) is 4.13. The van der Waals surface area contributed by atoms with Crippen LogP contribution in [0.15, 0.2) is 42.5 Å². The summed E-state index contributed by atoms with van der Waals surface area (Å²) in [7, 11) is 3.29. The van der Waals surface area contributed by atoms with Gasteiger partial charge in [-0.05, 0) is 48.4 Å². The SMILES string of the molecule is COc1ccc(COc2cc(CCN)ccc2OC)cc1. The van der Waals surface area contributed by atoms with E-state index in [1.807, 2.05) is 42.5 Å². The third-order valence-electron chi connectivity index (χ3n) is 3.21. The highest BCUT2D eigenvalue weighted by Gasteiger charge is 2.06. The van der Waals surface area contributed by atoms with Crippen molar-refractivity contribution in [2.24, 2.45) is 5.73 Å². The topological polar surface area (TPSA) is 53.7 Å². The van der Waals surface area contributed by atoms with E-state index in [9.17, 15) is 0 Å². The zero-order valence-electron chi connectivity index (χ0n) is 12.5. The second-order valence-corrected chi connectivity index (χ2v) is 4.66. The lowest BCUT2D eigenvalue weighted by molar-refractivity contribution is 0.284. The molecule has 0 saturated carbocycles. The van der Waals surface area contributed by atoms with Gasteiger partial charge in [-0.3, -0.25) is 0 Å². The zero-order chi connectivity index (χ0) is 15.1. The summed E-state index contributed by atoms with van der Waals surface area (Å²) in [6, 6.07) is 13.7. The van der Waals surface area contributed by atoms with Gasteiger partial charge >= 0.3 is 0 Å². The van der Waals surface area contributed by atoms with Crippen molar-refractivity contribution in [3.63, 3.8) is 0 Å². The Labute approximate surface area is 125 Å². The van der Waals surface area contributed by atoms with Gasteiger partial charge in [0.25, 0.3) is 0 Å². The predicted octanol–water partition coefficient (Wildman–Crippen LogP) is 2.78. The summed E-state index contributed by atoms with van der Waals surface area (Å²) in [5.41, 5.74) is 7.80. The average molecular weight is 287 g/mol. The summed E-state index contributed by atoms with van der Waals surface area (Å²) < 4.78 is 16.3. The fourth-order valence-corrected chi connectivity index (χ4v) is 2.04. The summed E-state index contributed by atoms with van der Waals surface area (Å²) in [5, 5.41) is 0. The monoisotopic (exact) mass is 287 g/mol. The maximum absolute atomic E-state index is 5.87. The second kappa shape index (κ2) is 7.55. The van der Waals surface area contributed by atoms with Crippen LogP contribution in [0.4, 0.5) is 0 Å². The number of rotatable bonds is 7. The summed E-state index contributed by atoms with van der Waals surface area (Å²) in [6.07, 6.45) is 0.822. The average Bonchev–Trinajstić information content (AvgIpc) is 2.54. The molecule has 0 unspecified atom stereocenters. The maximum Gasteiger partial charge on any atom is 0.161 e. The van der Waals surface area contributed by atoms with Gasteiger partial charge in [0.2, 0.25) is 0 Å². The Bertz CT molecular complexity index is 567. The largest absolute Gasteiger partial charge is 0.497 e. The standard InChI is InChI=1S/C17H21NO3/c1-19-15-6-3-14(4-7-15)12-21-17-11-13(9-10-18)5-8-16(17)20-2/h3-8,11H,9-10,12,18H2,1-2H3. The first-order valence-electron chi connectivity index (χ1n) is 6.89. The molecule has 0 saturated heterocycles. The minimum atomic E-state index is 0.479. The summed E-state index contributed by atoms with van der Waals surface area (Å²) >= 11 is 0. The molecular weight excluding hydrogens is 266 g/mol. The van der Waals surface area contributed by atoms with Crippen LogP contribution in [-0.2, 0) is 13.0 Å². The first-order chi connectivity index (χ1) is 10.3. The van der Waals surface area contributed by atoms with Gasteiger partial charge in [-0.1, -0.05) is 18.2 Å². The molecule has 0 aromatic heterocycles. The van der Waals surface area contributed by atoms with Crippen molar-refractivity contribution in [1.29, 1.82) is 0 Å². The highest BCUT2D eigenvalue weighted by Crippen LogP contribution is 2.29. The molecule has 0 amide bonds. The van der Waals surface area contributed by atoms with Crippen LogP contribution in [0.3, 0.4) is 0 Å². The van der Waals surface area contributed by atoms with Crippen LogP contribution < -0.4 is 19.9 Å². The number of nitrogens with two attached hydrogens (primary N) is 1. The Morgan fingerprint density at radius 3 is 2.19 bits per heavy atom. The highest BCUT2D eigenvalue weighted by atomic mass is 16.5. The van der Waals surface area contributed by atoms with E-state index >= 15 is 0 Å². The third-order valence-corrected chi connectivity index (χ3v) is 3.21. The Kier molecular flexibility index (Phi) is 5.46. The van der Waals surface area contributed by atoms with Gasteiger partial charge in [0.1, 0.15) is 12.4 Å². The van der Waals surface area contributed by atoms with Crippen molar-refractivity contribution >= 4 is 0 Å². The van der Waals surface area contributed by atoms with E-state index in [1.165, 1.54) is 0 Å². The van der Waals surface area contributed by atoms with E-state index in [0.29, 0.717) is 13.2 Å². The Hall–Kier alpha value is -2.20. The molecular formula is C17H21NO3. The minimum absolute atomic E-state index is 0.479. The van der Waals surface area contributed by atoms with Crippen molar-refractivity contribution in [2.45, 2.75) is 13.0 Å². The van der Waals surface area contributed by atoms with Crippen LogP contribution in [-0.4, -0.2) is 20.8 Å².